The molecule has 2 heterocycles. The maximum Gasteiger partial charge on any atom is 0.143 e. The van der Waals surface area contributed by atoms with Crippen molar-refractivity contribution in [3.63, 3.8) is 0 Å². The largest absolute Gasteiger partial charge is 0.455 e. The van der Waals surface area contributed by atoms with Gasteiger partial charge in [0.05, 0.1) is 5.41 Å². The summed E-state index contributed by atoms with van der Waals surface area (Å²) in [5.74, 6) is 0. The number of benzene rings is 11. The third kappa shape index (κ3) is 5.05. The molecule has 302 valence electrons. The Morgan fingerprint density at radius 2 is 0.692 bits per heavy atom. The van der Waals surface area contributed by atoms with Crippen molar-refractivity contribution in [3.05, 3.63) is 253 Å². The minimum atomic E-state index is -0.533. The lowest BCUT2D eigenvalue weighted by atomic mass is 9.67. The predicted molar refractivity (Wildman–Crippen MR) is 270 cm³/mol. The fourth-order valence-corrected chi connectivity index (χ4v) is 11.5. The quantitative estimate of drug-likeness (QED) is 0.162. The normalized spacial score (nSPS) is 13.0. The summed E-state index contributed by atoms with van der Waals surface area (Å²) in [4.78, 5) is 0. The van der Waals surface area contributed by atoms with Gasteiger partial charge in [0.1, 0.15) is 22.3 Å². The monoisotopic (exact) mass is 826 g/mol. The van der Waals surface area contributed by atoms with Crippen molar-refractivity contribution < 1.29 is 8.83 Å². The van der Waals surface area contributed by atoms with E-state index in [-0.39, 0.29) is 0 Å². The third-order valence-corrected chi connectivity index (χ3v) is 14.2. The van der Waals surface area contributed by atoms with Gasteiger partial charge in [0.15, 0.2) is 0 Å². The topological polar surface area (TPSA) is 26.3 Å². The maximum absolute atomic E-state index is 6.74. The van der Waals surface area contributed by atoms with Gasteiger partial charge >= 0.3 is 0 Å². The Hall–Kier alpha value is -8.46. The molecular weight excluding hydrogens is 789 g/mol. The van der Waals surface area contributed by atoms with Crippen LogP contribution in [0, 0.1) is 0 Å². The summed E-state index contributed by atoms with van der Waals surface area (Å²) in [6, 6.07) is 84.2. The lowest BCUT2D eigenvalue weighted by Crippen LogP contribution is -2.28. The Bertz CT molecular complexity index is 3850. The maximum atomic E-state index is 6.74. The van der Waals surface area contributed by atoms with Crippen LogP contribution in [0.15, 0.2) is 239 Å². The molecule has 0 amide bonds. The molecule has 0 bridgehead atoms. The second-order valence-corrected chi connectivity index (χ2v) is 17.4. The zero-order valence-electron chi connectivity index (χ0n) is 35.3. The summed E-state index contributed by atoms with van der Waals surface area (Å²) >= 11 is 0. The van der Waals surface area contributed by atoms with Gasteiger partial charge in [-0.05, 0) is 101 Å². The van der Waals surface area contributed by atoms with E-state index in [1.165, 1.54) is 55.3 Å². The first-order valence-electron chi connectivity index (χ1n) is 22.4. The van der Waals surface area contributed by atoms with Crippen LogP contribution in [-0.4, -0.2) is 0 Å². The first-order valence-corrected chi connectivity index (χ1v) is 22.4. The summed E-state index contributed by atoms with van der Waals surface area (Å²) in [6.07, 6.45) is 0. The van der Waals surface area contributed by atoms with E-state index in [2.05, 4.69) is 218 Å². The van der Waals surface area contributed by atoms with E-state index < -0.39 is 5.41 Å². The standard InChI is InChI=1S/C63H38O2/c1-3-17-40(18-4-1)63(41-19-5-2-6-20-41)56-32-10-7-21-44(56)45-36-35-39(37-57(45)63)60-48-26-13-24-42(50-28-15-30-52-46-22-8-11-33-58(46)64-61(50)52)54(48)38-55-43(25-14-27-49(55)60)51-29-16-31-53-47-23-9-12-34-59(47)65-62(51)53/h1-38H. The lowest BCUT2D eigenvalue weighted by molar-refractivity contribution is 0.669. The molecule has 11 aromatic carbocycles. The molecule has 2 aromatic heterocycles. The number of furan rings is 2. The van der Waals surface area contributed by atoms with Gasteiger partial charge < -0.3 is 8.83 Å². The number of para-hydroxylation sites is 4. The van der Waals surface area contributed by atoms with Gasteiger partial charge in [0.25, 0.3) is 0 Å². The van der Waals surface area contributed by atoms with E-state index in [1.807, 2.05) is 12.1 Å². The molecule has 1 aliphatic rings. The van der Waals surface area contributed by atoms with Gasteiger partial charge in [-0.3, -0.25) is 0 Å². The van der Waals surface area contributed by atoms with Crippen molar-refractivity contribution in [2.45, 2.75) is 5.41 Å². The highest BCUT2D eigenvalue weighted by Gasteiger charge is 2.46. The molecule has 1 aliphatic carbocycles. The second kappa shape index (κ2) is 13.8. The summed E-state index contributed by atoms with van der Waals surface area (Å²) in [5.41, 5.74) is 17.4. The Morgan fingerprint density at radius 3 is 1.26 bits per heavy atom. The van der Waals surface area contributed by atoms with E-state index in [1.54, 1.807) is 0 Å². The number of rotatable bonds is 5. The molecule has 2 heteroatoms. The van der Waals surface area contributed by atoms with Gasteiger partial charge in [-0.2, -0.15) is 0 Å². The van der Waals surface area contributed by atoms with Crippen LogP contribution in [0.3, 0.4) is 0 Å². The highest BCUT2D eigenvalue weighted by Crippen LogP contribution is 2.57. The molecule has 2 nitrogen and oxygen atoms in total. The molecule has 0 aliphatic heterocycles. The van der Waals surface area contributed by atoms with Gasteiger partial charge in [0.2, 0.25) is 0 Å². The Balaban J connectivity index is 1.11. The summed E-state index contributed by atoms with van der Waals surface area (Å²) in [6.45, 7) is 0. The van der Waals surface area contributed by atoms with Crippen LogP contribution >= 0.6 is 0 Å². The zero-order valence-corrected chi connectivity index (χ0v) is 35.3. The highest BCUT2D eigenvalue weighted by molar-refractivity contribution is 6.22. The van der Waals surface area contributed by atoms with E-state index in [0.29, 0.717) is 0 Å². The van der Waals surface area contributed by atoms with Crippen LogP contribution < -0.4 is 0 Å². The molecule has 0 unspecified atom stereocenters. The second-order valence-electron chi connectivity index (χ2n) is 17.4. The fourth-order valence-electron chi connectivity index (χ4n) is 11.5. The first-order chi connectivity index (χ1) is 32.3. The Labute approximate surface area is 375 Å². The molecule has 0 radical (unpaired) electrons. The van der Waals surface area contributed by atoms with E-state index in [9.17, 15) is 0 Å². The fraction of sp³-hybridized carbons (Fsp3) is 0.0159. The van der Waals surface area contributed by atoms with Crippen LogP contribution in [-0.2, 0) is 5.41 Å². The van der Waals surface area contributed by atoms with Crippen LogP contribution in [0.25, 0.3) is 110 Å². The van der Waals surface area contributed by atoms with Crippen molar-refractivity contribution in [1.29, 1.82) is 0 Å². The predicted octanol–water partition coefficient (Wildman–Crippen LogP) is 17.2. The Kier molecular flexibility index (Phi) is 7.64. The summed E-state index contributed by atoms with van der Waals surface area (Å²) in [5, 5.41) is 9.16. The van der Waals surface area contributed by atoms with E-state index in [0.717, 1.165) is 76.9 Å². The first kappa shape index (κ1) is 36.1. The van der Waals surface area contributed by atoms with Crippen LogP contribution in [0.2, 0.25) is 0 Å². The molecule has 0 saturated heterocycles. The van der Waals surface area contributed by atoms with Gasteiger partial charge in [-0.25, -0.2) is 0 Å². The molecule has 0 atom stereocenters. The van der Waals surface area contributed by atoms with Crippen molar-refractivity contribution in [2.24, 2.45) is 0 Å². The Morgan fingerprint density at radius 1 is 0.262 bits per heavy atom. The smallest absolute Gasteiger partial charge is 0.143 e. The number of hydrogen-bond donors (Lipinski definition) is 0. The van der Waals surface area contributed by atoms with Crippen molar-refractivity contribution >= 4 is 65.4 Å². The SMILES string of the molecule is c1ccc(C2(c3ccccc3)c3ccccc3-c3ccc(-c4c5cccc(-c6cccc7c6oc6ccccc67)c5cc5c(-c6cccc7c6oc6ccccc67)cccc45)cc32)cc1. The molecule has 0 saturated carbocycles. The third-order valence-electron chi connectivity index (χ3n) is 14.2. The molecule has 0 N–H and O–H groups in total. The molecule has 14 rings (SSSR count). The van der Waals surface area contributed by atoms with Crippen molar-refractivity contribution in [2.75, 3.05) is 0 Å². The lowest BCUT2D eigenvalue weighted by Gasteiger charge is -2.34. The molecule has 0 fully saturated rings. The minimum Gasteiger partial charge on any atom is -0.455 e. The van der Waals surface area contributed by atoms with Crippen molar-refractivity contribution in [3.8, 4) is 44.5 Å². The van der Waals surface area contributed by atoms with Crippen LogP contribution in [0.5, 0.6) is 0 Å². The zero-order chi connectivity index (χ0) is 42.6. The molecular formula is C63H38O2. The molecule has 13 aromatic rings. The van der Waals surface area contributed by atoms with Gasteiger partial charge in [-0.15, -0.1) is 0 Å². The molecule has 65 heavy (non-hydrogen) atoms. The average Bonchev–Trinajstić information content (AvgIpc) is 4.04. The van der Waals surface area contributed by atoms with E-state index in [4.69, 9.17) is 8.83 Å². The highest BCUT2D eigenvalue weighted by atomic mass is 16.3. The molecule has 0 spiro atoms. The average molecular weight is 827 g/mol. The number of fused-ring (bicyclic) bond motifs is 11. The summed E-state index contributed by atoms with van der Waals surface area (Å²) < 4.78 is 13.5. The van der Waals surface area contributed by atoms with Gasteiger partial charge in [0, 0.05) is 32.7 Å². The van der Waals surface area contributed by atoms with Crippen molar-refractivity contribution in [1.82, 2.24) is 0 Å². The van der Waals surface area contributed by atoms with Crippen LogP contribution in [0.1, 0.15) is 22.3 Å². The van der Waals surface area contributed by atoms with Gasteiger partial charge in [-0.1, -0.05) is 206 Å². The van der Waals surface area contributed by atoms with E-state index >= 15 is 0 Å². The van der Waals surface area contributed by atoms with Crippen LogP contribution in [0.4, 0.5) is 0 Å². The number of hydrogen-bond acceptors (Lipinski definition) is 2. The minimum absolute atomic E-state index is 0.533. The summed E-state index contributed by atoms with van der Waals surface area (Å²) in [7, 11) is 0.